The van der Waals surface area contributed by atoms with Gasteiger partial charge < -0.3 is 14.3 Å². The molecule has 2 aromatic heterocycles. The van der Waals surface area contributed by atoms with Crippen molar-refractivity contribution in [1.82, 2.24) is 15.0 Å². The van der Waals surface area contributed by atoms with E-state index in [1.54, 1.807) is 0 Å². The van der Waals surface area contributed by atoms with Crippen LogP contribution in [-0.2, 0) is 11.2 Å². The van der Waals surface area contributed by atoms with Gasteiger partial charge in [-0.1, -0.05) is 0 Å². The highest BCUT2D eigenvalue weighted by Gasteiger charge is 2.19. The summed E-state index contributed by atoms with van der Waals surface area (Å²) in [5.41, 5.74) is 1.89. The molecule has 0 atom stereocenters. The van der Waals surface area contributed by atoms with Crippen LogP contribution in [-0.4, -0.2) is 47.1 Å². The first-order chi connectivity index (χ1) is 11.6. The molecule has 0 saturated carbocycles. The van der Waals surface area contributed by atoms with E-state index in [4.69, 9.17) is 4.52 Å². The average molecular weight is 330 g/mol. The van der Waals surface area contributed by atoms with Gasteiger partial charge in [-0.2, -0.15) is 5.16 Å². The molecule has 128 valence electrons. The van der Waals surface area contributed by atoms with Crippen molar-refractivity contribution in [2.45, 2.75) is 26.2 Å². The van der Waals surface area contributed by atoms with Gasteiger partial charge in [-0.3, -0.25) is 14.6 Å². The fourth-order valence-corrected chi connectivity index (χ4v) is 2.98. The molecule has 0 bridgehead atoms. The molecule has 3 heterocycles. The zero-order valence-electron chi connectivity index (χ0n) is 13.8. The Balaban J connectivity index is 1.54. The lowest BCUT2D eigenvalue weighted by molar-refractivity contribution is -0.131. The standard InChI is InChI=1S/C17H22N4O3/c1-13-11-14(5-6-18-13)20-7-2-8-21(10-9-20)17(23)4-3-15-12-16(22)19-24-15/h5-6,11-12H,2-4,7-10H2,1H3,(H,19,22). The molecule has 7 nitrogen and oxygen atoms in total. The summed E-state index contributed by atoms with van der Waals surface area (Å²) in [6.07, 6.45) is 3.56. The van der Waals surface area contributed by atoms with E-state index < -0.39 is 0 Å². The highest BCUT2D eigenvalue weighted by atomic mass is 16.5. The highest BCUT2D eigenvalue weighted by molar-refractivity contribution is 5.76. The molecule has 1 aliphatic heterocycles. The van der Waals surface area contributed by atoms with Crippen LogP contribution in [0.15, 0.2) is 33.7 Å². The smallest absolute Gasteiger partial charge is 0.280 e. The molecule has 24 heavy (non-hydrogen) atoms. The first kappa shape index (κ1) is 16.3. The van der Waals surface area contributed by atoms with Crippen LogP contribution in [0.2, 0.25) is 0 Å². The number of carbonyl (C=O) groups is 1. The number of amides is 1. The molecule has 2 aromatic rings. The van der Waals surface area contributed by atoms with Crippen LogP contribution in [0, 0.1) is 6.92 Å². The van der Waals surface area contributed by atoms with E-state index >= 15 is 0 Å². The lowest BCUT2D eigenvalue weighted by Crippen LogP contribution is -2.35. The third-order valence-corrected chi connectivity index (χ3v) is 4.25. The second-order valence-corrected chi connectivity index (χ2v) is 6.06. The van der Waals surface area contributed by atoms with Crippen molar-refractivity contribution in [3.63, 3.8) is 0 Å². The third-order valence-electron chi connectivity index (χ3n) is 4.25. The molecule has 0 aromatic carbocycles. The molecule has 3 rings (SSSR count). The Kier molecular flexibility index (Phi) is 4.98. The van der Waals surface area contributed by atoms with Gasteiger partial charge in [-0.05, 0) is 25.5 Å². The molecule has 1 N–H and O–H groups in total. The minimum atomic E-state index is -0.268. The summed E-state index contributed by atoms with van der Waals surface area (Å²) in [6.45, 7) is 5.19. The predicted octanol–water partition coefficient (Wildman–Crippen LogP) is 1.34. The van der Waals surface area contributed by atoms with Gasteiger partial charge in [-0.25, -0.2) is 0 Å². The molecule has 0 spiro atoms. The van der Waals surface area contributed by atoms with Crippen molar-refractivity contribution in [2.24, 2.45) is 0 Å². The zero-order chi connectivity index (χ0) is 16.9. The molecule has 7 heteroatoms. The number of aromatic nitrogens is 2. The quantitative estimate of drug-likeness (QED) is 0.915. The summed E-state index contributed by atoms with van der Waals surface area (Å²) in [7, 11) is 0. The second-order valence-electron chi connectivity index (χ2n) is 6.06. The van der Waals surface area contributed by atoms with E-state index in [0.29, 0.717) is 25.1 Å². The lowest BCUT2D eigenvalue weighted by atomic mass is 10.2. The van der Waals surface area contributed by atoms with E-state index in [1.807, 2.05) is 24.1 Å². The van der Waals surface area contributed by atoms with E-state index in [0.717, 1.165) is 37.4 Å². The first-order valence-electron chi connectivity index (χ1n) is 8.24. The molecule has 1 fully saturated rings. The van der Waals surface area contributed by atoms with E-state index in [-0.39, 0.29) is 11.5 Å². The minimum absolute atomic E-state index is 0.103. The van der Waals surface area contributed by atoms with Gasteiger partial charge in [0.2, 0.25) is 5.91 Å². The largest absolute Gasteiger partial charge is 0.384 e. The summed E-state index contributed by atoms with van der Waals surface area (Å²) < 4.78 is 4.99. The number of pyridine rings is 1. The summed E-state index contributed by atoms with van der Waals surface area (Å²) in [6, 6.07) is 5.48. The molecule has 1 amide bonds. The van der Waals surface area contributed by atoms with Gasteiger partial charge in [0.1, 0.15) is 5.76 Å². The number of hydrogen-bond acceptors (Lipinski definition) is 5. The van der Waals surface area contributed by atoms with Gasteiger partial charge in [0.05, 0.1) is 0 Å². The van der Waals surface area contributed by atoms with Gasteiger partial charge in [0.15, 0.2) is 0 Å². The van der Waals surface area contributed by atoms with Crippen molar-refractivity contribution >= 4 is 11.6 Å². The molecular weight excluding hydrogens is 308 g/mol. The van der Waals surface area contributed by atoms with Crippen LogP contribution < -0.4 is 10.5 Å². The molecule has 1 saturated heterocycles. The zero-order valence-corrected chi connectivity index (χ0v) is 13.8. The molecule has 0 unspecified atom stereocenters. The van der Waals surface area contributed by atoms with E-state index in [2.05, 4.69) is 21.1 Å². The number of aryl methyl sites for hydroxylation is 2. The molecule has 0 radical (unpaired) electrons. The minimum Gasteiger partial charge on any atom is -0.384 e. The monoisotopic (exact) mass is 330 g/mol. The van der Waals surface area contributed by atoms with E-state index in [1.165, 1.54) is 6.07 Å². The number of rotatable bonds is 4. The van der Waals surface area contributed by atoms with Crippen LogP contribution >= 0.6 is 0 Å². The number of H-pyrrole nitrogens is 1. The Bertz CT molecular complexity index is 752. The maximum absolute atomic E-state index is 12.4. The van der Waals surface area contributed by atoms with Crippen LogP contribution in [0.1, 0.15) is 24.3 Å². The number of anilines is 1. The summed E-state index contributed by atoms with van der Waals surface area (Å²) >= 11 is 0. The van der Waals surface area contributed by atoms with Crippen LogP contribution in [0.5, 0.6) is 0 Å². The van der Waals surface area contributed by atoms with Crippen molar-refractivity contribution < 1.29 is 9.32 Å². The third kappa shape index (κ3) is 4.04. The number of hydrogen-bond donors (Lipinski definition) is 1. The Hall–Kier alpha value is -2.57. The molecular formula is C17H22N4O3. The van der Waals surface area contributed by atoms with Gasteiger partial charge in [0.25, 0.3) is 5.56 Å². The molecule has 1 aliphatic rings. The van der Waals surface area contributed by atoms with Crippen LogP contribution in [0.25, 0.3) is 0 Å². The summed E-state index contributed by atoms with van der Waals surface area (Å²) in [5, 5.41) is 2.24. The Labute approximate surface area is 140 Å². The maximum atomic E-state index is 12.4. The maximum Gasteiger partial charge on any atom is 0.280 e. The molecule has 0 aliphatic carbocycles. The number of nitrogens with zero attached hydrogens (tertiary/aromatic N) is 3. The van der Waals surface area contributed by atoms with Crippen LogP contribution in [0.3, 0.4) is 0 Å². The normalized spacial score (nSPS) is 15.4. The van der Waals surface area contributed by atoms with Gasteiger partial charge in [0, 0.05) is 62.7 Å². The van der Waals surface area contributed by atoms with Crippen molar-refractivity contribution in [2.75, 3.05) is 31.1 Å². The Morgan fingerprint density at radius 2 is 2.17 bits per heavy atom. The number of carbonyl (C=O) groups excluding carboxylic acids is 1. The predicted molar refractivity (Wildman–Crippen MR) is 90.0 cm³/mol. The van der Waals surface area contributed by atoms with Gasteiger partial charge >= 0.3 is 0 Å². The average Bonchev–Trinajstić information content (AvgIpc) is 2.84. The SMILES string of the molecule is Cc1cc(N2CCCN(C(=O)CCc3cc(=O)[nH]o3)CC2)ccn1. The Morgan fingerprint density at radius 1 is 1.29 bits per heavy atom. The first-order valence-corrected chi connectivity index (χ1v) is 8.24. The lowest BCUT2D eigenvalue weighted by Gasteiger charge is -2.23. The highest BCUT2D eigenvalue weighted by Crippen LogP contribution is 2.17. The van der Waals surface area contributed by atoms with Gasteiger partial charge in [-0.15, -0.1) is 0 Å². The Morgan fingerprint density at radius 3 is 2.92 bits per heavy atom. The van der Waals surface area contributed by atoms with Crippen molar-refractivity contribution in [3.05, 3.63) is 46.2 Å². The van der Waals surface area contributed by atoms with Crippen molar-refractivity contribution in [3.8, 4) is 0 Å². The van der Waals surface area contributed by atoms with Crippen LogP contribution in [0.4, 0.5) is 5.69 Å². The van der Waals surface area contributed by atoms with Crippen molar-refractivity contribution in [1.29, 1.82) is 0 Å². The summed E-state index contributed by atoms with van der Waals surface area (Å²) in [5.74, 6) is 0.628. The fraction of sp³-hybridized carbons (Fsp3) is 0.471. The topological polar surface area (TPSA) is 82.4 Å². The second kappa shape index (κ2) is 7.33. The number of aromatic amines is 1. The fourth-order valence-electron chi connectivity index (χ4n) is 2.98. The number of nitrogens with one attached hydrogen (secondary N) is 1. The van der Waals surface area contributed by atoms with E-state index in [9.17, 15) is 9.59 Å². The summed E-state index contributed by atoms with van der Waals surface area (Å²) in [4.78, 5) is 31.8.